The second-order valence-corrected chi connectivity index (χ2v) is 4.68. The van der Waals surface area contributed by atoms with E-state index in [0.717, 1.165) is 5.56 Å². The van der Waals surface area contributed by atoms with Gasteiger partial charge in [0.25, 0.3) is 0 Å². The summed E-state index contributed by atoms with van der Waals surface area (Å²) in [6, 6.07) is 3.73. The Morgan fingerprint density at radius 3 is 2.53 bits per heavy atom. The molecule has 0 radical (unpaired) electrons. The van der Waals surface area contributed by atoms with Crippen molar-refractivity contribution in [1.82, 2.24) is 9.88 Å². The van der Waals surface area contributed by atoms with Gasteiger partial charge in [0.1, 0.15) is 0 Å². The van der Waals surface area contributed by atoms with Gasteiger partial charge in [-0.25, -0.2) is 0 Å². The monoisotopic (exact) mass is 237 g/mol. The molecule has 0 spiro atoms. The minimum Gasteiger partial charge on any atom is -0.389 e. The summed E-state index contributed by atoms with van der Waals surface area (Å²) in [5, 5.41) is 19.2. The zero-order valence-corrected chi connectivity index (χ0v) is 9.90. The quantitative estimate of drug-likeness (QED) is 0.660. The molecule has 1 aliphatic rings. The molecule has 1 aromatic heterocycles. The van der Waals surface area contributed by atoms with Crippen LogP contribution in [0.5, 0.6) is 0 Å². The molecule has 0 saturated carbocycles. The number of pyridine rings is 1. The van der Waals surface area contributed by atoms with Crippen LogP contribution in [0.2, 0.25) is 0 Å². The Labute approximate surface area is 101 Å². The zero-order valence-electron chi connectivity index (χ0n) is 9.90. The number of aliphatic hydroxyl groups excluding tert-OH is 2. The summed E-state index contributed by atoms with van der Waals surface area (Å²) >= 11 is 0. The van der Waals surface area contributed by atoms with Crippen LogP contribution in [0.1, 0.15) is 18.5 Å². The van der Waals surface area contributed by atoms with Gasteiger partial charge >= 0.3 is 0 Å². The van der Waals surface area contributed by atoms with E-state index in [-0.39, 0.29) is 12.1 Å². The topological polar surface area (TPSA) is 82.6 Å². The molecule has 94 valence electrons. The average molecular weight is 237 g/mol. The first-order valence-corrected chi connectivity index (χ1v) is 5.85. The molecule has 1 aromatic rings. The first kappa shape index (κ1) is 12.4. The molecule has 17 heavy (non-hydrogen) atoms. The molecule has 5 nitrogen and oxygen atoms in total. The Hall–Kier alpha value is -1.01. The number of aromatic nitrogens is 1. The Morgan fingerprint density at radius 2 is 2.06 bits per heavy atom. The van der Waals surface area contributed by atoms with Crippen molar-refractivity contribution in [2.24, 2.45) is 5.73 Å². The lowest BCUT2D eigenvalue weighted by atomic mass is 10.0. The van der Waals surface area contributed by atoms with Gasteiger partial charge in [0.05, 0.1) is 18.2 Å². The van der Waals surface area contributed by atoms with E-state index in [1.165, 1.54) is 0 Å². The number of hydrogen-bond acceptors (Lipinski definition) is 5. The maximum atomic E-state index is 9.60. The number of aliphatic hydroxyl groups is 2. The second kappa shape index (κ2) is 5.10. The normalized spacial score (nSPS) is 29.2. The van der Waals surface area contributed by atoms with E-state index in [0.29, 0.717) is 13.1 Å². The highest BCUT2D eigenvalue weighted by atomic mass is 16.3. The molecular formula is C12H19N3O2. The van der Waals surface area contributed by atoms with E-state index in [1.54, 1.807) is 12.4 Å². The van der Waals surface area contributed by atoms with Gasteiger partial charge in [-0.2, -0.15) is 0 Å². The van der Waals surface area contributed by atoms with Gasteiger partial charge in [0.15, 0.2) is 0 Å². The number of hydrogen-bond donors (Lipinski definition) is 3. The van der Waals surface area contributed by atoms with Crippen molar-refractivity contribution in [3.63, 3.8) is 0 Å². The van der Waals surface area contributed by atoms with Crippen LogP contribution in [0.25, 0.3) is 0 Å². The minimum atomic E-state index is -0.687. The predicted molar refractivity (Wildman–Crippen MR) is 64.2 cm³/mol. The van der Waals surface area contributed by atoms with Crippen molar-refractivity contribution in [2.75, 3.05) is 13.1 Å². The standard InChI is InChI=1S/C12H19N3O2/c1-8(13)12(9-3-2-4-14-5-9)15-6-10(16)11(17)7-15/h2-5,8,10-12,16-17H,6-7,13H2,1H3. The molecule has 0 amide bonds. The van der Waals surface area contributed by atoms with Crippen molar-refractivity contribution in [3.8, 4) is 0 Å². The lowest BCUT2D eigenvalue weighted by Crippen LogP contribution is -2.39. The Morgan fingerprint density at radius 1 is 1.41 bits per heavy atom. The Bertz CT molecular complexity index is 348. The van der Waals surface area contributed by atoms with Crippen molar-refractivity contribution < 1.29 is 10.2 Å². The summed E-state index contributed by atoms with van der Waals surface area (Å²) in [4.78, 5) is 6.10. The molecule has 5 heteroatoms. The number of likely N-dealkylation sites (tertiary alicyclic amines) is 1. The van der Waals surface area contributed by atoms with Crippen LogP contribution in [-0.2, 0) is 0 Å². The van der Waals surface area contributed by atoms with E-state index in [2.05, 4.69) is 4.98 Å². The number of β-amino-alcohol motifs (C(OH)–C–C–N with tert-alkyl or cyclic N) is 2. The molecule has 0 bridgehead atoms. The first-order chi connectivity index (χ1) is 8.09. The highest BCUT2D eigenvalue weighted by Gasteiger charge is 2.35. The lowest BCUT2D eigenvalue weighted by Gasteiger charge is -2.30. The van der Waals surface area contributed by atoms with Crippen LogP contribution in [0, 0.1) is 0 Å². The number of nitrogens with two attached hydrogens (primary N) is 1. The highest BCUT2D eigenvalue weighted by Crippen LogP contribution is 2.27. The summed E-state index contributed by atoms with van der Waals surface area (Å²) in [5.74, 6) is 0. The van der Waals surface area contributed by atoms with Gasteiger partial charge in [-0.05, 0) is 18.6 Å². The molecule has 0 aromatic carbocycles. The summed E-state index contributed by atoms with van der Waals surface area (Å²) in [6.45, 7) is 2.82. The van der Waals surface area contributed by atoms with Crippen molar-refractivity contribution >= 4 is 0 Å². The molecule has 1 aliphatic heterocycles. The first-order valence-electron chi connectivity index (χ1n) is 5.85. The molecule has 2 heterocycles. The van der Waals surface area contributed by atoms with Gasteiger partial charge < -0.3 is 15.9 Å². The van der Waals surface area contributed by atoms with Crippen molar-refractivity contribution in [3.05, 3.63) is 30.1 Å². The largest absolute Gasteiger partial charge is 0.389 e. The lowest BCUT2D eigenvalue weighted by molar-refractivity contribution is 0.0572. The fraction of sp³-hybridized carbons (Fsp3) is 0.583. The Balaban J connectivity index is 2.19. The third-order valence-electron chi connectivity index (χ3n) is 3.20. The van der Waals surface area contributed by atoms with Gasteiger partial charge in [0, 0.05) is 31.5 Å². The molecule has 4 atom stereocenters. The van der Waals surface area contributed by atoms with E-state index in [9.17, 15) is 10.2 Å². The van der Waals surface area contributed by atoms with Gasteiger partial charge in [-0.3, -0.25) is 9.88 Å². The molecule has 4 unspecified atom stereocenters. The summed E-state index contributed by atoms with van der Waals surface area (Å²) in [6.07, 6.45) is 2.13. The fourth-order valence-corrected chi connectivity index (χ4v) is 2.42. The van der Waals surface area contributed by atoms with E-state index < -0.39 is 12.2 Å². The van der Waals surface area contributed by atoms with Gasteiger partial charge in [0.2, 0.25) is 0 Å². The summed E-state index contributed by atoms with van der Waals surface area (Å²) in [5.41, 5.74) is 7.02. The van der Waals surface area contributed by atoms with Gasteiger partial charge in [-0.1, -0.05) is 6.07 Å². The van der Waals surface area contributed by atoms with Crippen LogP contribution in [0.3, 0.4) is 0 Å². The fourth-order valence-electron chi connectivity index (χ4n) is 2.42. The molecule has 0 aliphatic carbocycles. The van der Waals surface area contributed by atoms with Crippen LogP contribution in [-0.4, -0.2) is 51.4 Å². The number of nitrogens with zero attached hydrogens (tertiary/aromatic N) is 2. The third-order valence-corrected chi connectivity index (χ3v) is 3.20. The molecule has 1 saturated heterocycles. The van der Waals surface area contributed by atoms with E-state index in [1.807, 2.05) is 24.0 Å². The smallest absolute Gasteiger partial charge is 0.0938 e. The van der Waals surface area contributed by atoms with E-state index >= 15 is 0 Å². The van der Waals surface area contributed by atoms with Gasteiger partial charge in [-0.15, -0.1) is 0 Å². The zero-order chi connectivity index (χ0) is 12.4. The Kier molecular flexibility index (Phi) is 3.73. The molecular weight excluding hydrogens is 218 g/mol. The maximum absolute atomic E-state index is 9.60. The average Bonchev–Trinajstić information content (AvgIpc) is 2.60. The van der Waals surface area contributed by atoms with Crippen molar-refractivity contribution in [2.45, 2.75) is 31.2 Å². The van der Waals surface area contributed by atoms with Crippen molar-refractivity contribution in [1.29, 1.82) is 0 Å². The number of rotatable bonds is 3. The van der Waals surface area contributed by atoms with Crippen LogP contribution >= 0.6 is 0 Å². The summed E-state index contributed by atoms with van der Waals surface area (Å²) in [7, 11) is 0. The molecule has 2 rings (SSSR count). The van der Waals surface area contributed by atoms with Crippen LogP contribution < -0.4 is 5.73 Å². The molecule has 4 N–H and O–H groups in total. The third kappa shape index (κ3) is 2.63. The highest BCUT2D eigenvalue weighted by molar-refractivity contribution is 5.17. The SMILES string of the molecule is CC(N)C(c1cccnc1)N1CC(O)C(O)C1. The predicted octanol–water partition coefficient (Wildman–Crippen LogP) is -0.493. The second-order valence-electron chi connectivity index (χ2n) is 4.68. The summed E-state index contributed by atoms with van der Waals surface area (Å²) < 4.78 is 0. The maximum Gasteiger partial charge on any atom is 0.0938 e. The van der Waals surface area contributed by atoms with E-state index in [4.69, 9.17) is 5.73 Å². The minimum absolute atomic E-state index is 0.0181. The van der Waals surface area contributed by atoms with Crippen LogP contribution in [0.4, 0.5) is 0 Å². The molecule has 1 fully saturated rings. The van der Waals surface area contributed by atoms with Crippen LogP contribution in [0.15, 0.2) is 24.5 Å².